The molecule has 0 atom stereocenters. The van der Waals surface area contributed by atoms with Gasteiger partial charge in [0, 0.05) is 10.8 Å². The first-order valence-electron chi connectivity index (χ1n) is 5.74. The predicted molar refractivity (Wildman–Crippen MR) is 76.8 cm³/mol. The van der Waals surface area contributed by atoms with Crippen LogP contribution in [-0.2, 0) is 0 Å². The van der Waals surface area contributed by atoms with Gasteiger partial charge in [0.15, 0.2) is 5.78 Å². The Morgan fingerprint density at radius 3 is 2.56 bits per heavy atom. The normalized spacial score (nSPS) is 14.8. The number of Topliss-reactive ketones (excluding diaryl/α,β-unsaturated/α-hetero) is 1. The number of halogens is 2. The largest absolute Gasteiger partial charge is 0.293 e. The summed E-state index contributed by atoms with van der Waals surface area (Å²) in [5.41, 5.74) is 1.00. The highest BCUT2D eigenvalue weighted by molar-refractivity contribution is 7.17. The lowest BCUT2D eigenvalue weighted by Crippen LogP contribution is -1.96. The van der Waals surface area contributed by atoms with Gasteiger partial charge in [0.2, 0.25) is 0 Å². The molecule has 4 heteroatoms. The Hall–Kier alpha value is -0.830. The molecule has 1 fully saturated rings. The zero-order valence-electron chi connectivity index (χ0n) is 9.45. The van der Waals surface area contributed by atoms with Crippen LogP contribution in [0.1, 0.15) is 22.5 Å². The van der Waals surface area contributed by atoms with Crippen LogP contribution in [0, 0.1) is 5.92 Å². The highest BCUT2D eigenvalue weighted by Crippen LogP contribution is 2.37. The highest BCUT2D eigenvalue weighted by Gasteiger charge is 2.31. The molecule has 0 N–H and O–H groups in total. The molecule has 0 bridgehead atoms. The van der Waals surface area contributed by atoms with Gasteiger partial charge in [-0.1, -0.05) is 29.3 Å². The fourth-order valence-electron chi connectivity index (χ4n) is 1.82. The van der Waals surface area contributed by atoms with Crippen molar-refractivity contribution < 1.29 is 4.79 Å². The highest BCUT2D eigenvalue weighted by atomic mass is 35.5. The molecule has 1 aromatic heterocycles. The number of hydrogen-bond donors (Lipinski definition) is 0. The third-order valence-electron chi connectivity index (χ3n) is 3.00. The number of rotatable bonds is 3. The second-order valence-electron chi connectivity index (χ2n) is 4.43. The molecule has 3 rings (SSSR count). The fraction of sp³-hybridized carbons (Fsp3) is 0.214. The van der Waals surface area contributed by atoms with Gasteiger partial charge < -0.3 is 0 Å². The summed E-state index contributed by atoms with van der Waals surface area (Å²) in [6.45, 7) is 0. The maximum absolute atomic E-state index is 11.9. The van der Waals surface area contributed by atoms with Crippen molar-refractivity contribution in [2.24, 2.45) is 5.92 Å². The third kappa shape index (κ3) is 2.33. The Balaban J connectivity index is 1.92. The van der Waals surface area contributed by atoms with E-state index in [-0.39, 0.29) is 11.7 Å². The van der Waals surface area contributed by atoms with E-state index in [1.165, 1.54) is 11.3 Å². The monoisotopic (exact) mass is 296 g/mol. The average Bonchev–Trinajstić information content (AvgIpc) is 3.09. The Morgan fingerprint density at radius 2 is 1.89 bits per heavy atom. The van der Waals surface area contributed by atoms with Crippen LogP contribution in [0.2, 0.25) is 10.0 Å². The van der Waals surface area contributed by atoms with Gasteiger partial charge in [-0.15, -0.1) is 11.3 Å². The zero-order chi connectivity index (χ0) is 12.7. The van der Waals surface area contributed by atoms with Gasteiger partial charge in [-0.2, -0.15) is 0 Å². The summed E-state index contributed by atoms with van der Waals surface area (Å²) < 4.78 is 0. The van der Waals surface area contributed by atoms with E-state index in [0.717, 1.165) is 28.2 Å². The smallest absolute Gasteiger partial charge is 0.175 e. The van der Waals surface area contributed by atoms with E-state index in [9.17, 15) is 4.79 Å². The van der Waals surface area contributed by atoms with Gasteiger partial charge in [0.05, 0.1) is 14.9 Å². The molecule has 0 amide bonds. The van der Waals surface area contributed by atoms with Crippen molar-refractivity contribution >= 4 is 40.3 Å². The molecule has 1 nitrogen and oxygen atoms in total. The lowest BCUT2D eigenvalue weighted by atomic mass is 10.2. The van der Waals surface area contributed by atoms with E-state index >= 15 is 0 Å². The number of ketones is 1. The van der Waals surface area contributed by atoms with E-state index in [0.29, 0.717) is 10.0 Å². The van der Waals surface area contributed by atoms with E-state index in [2.05, 4.69) is 0 Å². The van der Waals surface area contributed by atoms with E-state index in [4.69, 9.17) is 23.2 Å². The van der Waals surface area contributed by atoms with Crippen LogP contribution in [0.25, 0.3) is 10.4 Å². The second-order valence-corrected chi connectivity index (χ2v) is 6.33. The quantitative estimate of drug-likeness (QED) is 0.701. The molecule has 0 saturated heterocycles. The minimum Gasteiger partial charge on any atom is -0.293 e. The molecule has 18 heavy (non-hydrogen) atoms. The summed E-state index contributed by atoms with van der Waals surface area (Å²) >= 11 is 13.4. The van der Waals surface area contributed by atoms with Crippen molar-refractivity contribution in [3.63, 3.8) is 0 Å². The first-order valence-corrected chi connectivity index (χ1v) is 7.32. The molecule has 1 aromatic carbocycles. The maximum Gasteiger partial charge on any atom is 0.175 e. The van der Waals surface area contributed by atoms with Crippen LogP contribution in [0.5, 0.6) is 0 Å². The Kier molecular flexibility index (Phi) is 3.18. The molecule has 92 valence electrons. The van der Waals surface area contributed by atoms with E-state index in [1.807, 2.05) is 24.3 Å². The molecule has 1 aliphatic carbocycles. The van der Waals surface area contributed by atoms with Crippen LogP contribution in [0.3, 0.4) is 0 Å². The number of carbonyl (C=O) groups is 1. The SMILES string of the molecule is O=C(c1ccc(-c2ccc(Cl)c(Cl)c2)s1)C1CC1. The minimum absolute atomic E-state index is 0.269. The summed E-state index contributed by atoms with van der Waals surface area (Å²) in [5, 5.41) is 1.09. The van der Waals surface area contributed by atoms with Gasteiger partial charge in [-0.05, 0) is 42.7 Å². The summed E-state index contributed by atoms with van der Waals surface area (Å²) in [4.78, 5) is 13.8. The molecular weight excluding hydrogens is 287 g/mol. The summed E-state index contributed by atoms with van der Waals surface area (Å²) in [6.07, 6.45) is 2.08. The molecule has 0 unspecified atom stereocenters. The van der Waals surface area contributed by atoms with Gasteiger partial charge in [-0.25, -0.2) is 0 Å². The van der Waals surface area contributed by atoms with Gasteiger partial charge in [0.25, 0.3) is 0 Å². The number of thiophene rings is 1. The van der Waals surface area contributed by atoms with Crippen molar-refractivity contribution in [2.75, 3.05) is 0 Å². The lowest BCUT2D eigenvalue weighted by Gasteiger charge is -2.00. The van der Waals surface area contributed by atoms with Crippen molar-refractivity contribution in [1.29, 1.82) is 0 Å². The van der Waals surface area contributed by atoms with Crippen molar-refractivity contribution in [2.45, 2.75) is 12.8 Å². The number of benzene rings is 1. The summed E-state index contributed by atoms with van der Waals surface area (Å²) in [5.74, 6) is 0.552. The first kappa shape index (κ1) is 12.2. The maximum atomic E-state index is 11.9. The summed E-state index contributed by atoms with van der Waals surface area (Å²) in [6, 6.07) is 9.41. The van der Waals surface area contributed by atoms with Gasteiger partial charge in [0.1, 0.15) is 0 Å². The van der Waals surface area contributed by atoms with Crippen molar-refractivity contribution in [3.05, 3.63) is 45.3 Å². The number of carbonyl (C=O) groups excluding carboxylic acids is 1. The molecule has 0 spiro atoms. The Labute approximate surface area is 119 Å². The second kappa shape index (κ2) is 4.69. The van der Waals surface area contributed by atoms with E-state index in [1.54, 1.807) is 6.07 Å². The Morgan fingerprint density at radius 1 is 1.11 bits per heavy atom. The van der Waals surface area contributed by atoms with Crippen LogP contribution in [0.4, 0.5) is 0 Å². The minimum atomic E-state index is 0.269. The van der Waals surface area contributed by atoms with Crippen LogP contribution in [-0.4, -0.2) is 5.78 Å². The Bertz CT molecular complexity index is 614. The van der Waals surface area contributed by atoms with Crippen molar-refractivity contribution in [1.82, 2.24) is 0 Å². The fourth-order valence-corrected chi connectivity index (χ4v) is 3.14. The van der Waals surface area contributed by atoms with Crippen molar-refractivity contribution in [3.8, 4) is 10.4 Å². The molecule has 1 aliphatic rings. The number of hydrogen-bond acceptors (Lipinski definition) is 2. The topological polar surface area (TPSA) is 17.1 Å². The molecule has 0 radical (unpaired) electrons. The standard InChI is InChI=1S/C14H10Cl2OS/c15-10-4-3-9(7-11(10)16)12-5-6-13(18-12)14(17)8-1-2-8/h3-8H,1-2H2. The van der Waals surface area contributed by atoms with Gasteiger partial charge >= 0.3 is 0 Å². The molecule has 1 saturated carbocycles. The van der Waals surface area contributed by atoms with Crippen LogP contribution < -0.4 is 0 Å². The molecule has 1 heterocycles. The molecular formula is C14H10Cl2OS. The van der Waals surface area contributed by atoms with Gasteiger partial charge in [-0.3, -0.25) is 4.79 Å². The van der Waals surface area contributed by atoms with Crippen LogP contribution in [0.15, 0.2) is 30.3 Å². The molecule has 0 aliphatic heterocycles. The predicted octanol–water partition coefficient (Wildman–Crippen LogP) is 5.31. The molecule has 2 aromatic rings. The zero-order valence-corrected chi connectivity index (χ0v) is 11.8. The average molecular weight is 297 g/mol. The summed E-state index contributed by atoms with van der Waals surface area (Å²) in [7, 11) is 0. The third-order valence-corrected chi connectivity index (χ3v) is 4.89. The first-order chi connectivity index (χ1) is 8.65. The van der Waals surface area contributed by atoms with Crippen LogP contribution >= 0.6 is 34.5 Å². The lowest BCUT2D eigenvalue weighted by molar-refractivity contribution is 0.0971. The van der Waals surface area contributed by atoms with E-state index < -0.39 is 0 Å².